The molecule has 150 valence electrons. The molecule has 0 aromatic heterocycles. The van der Waals surface area contributed by atoms with E-state index in [1.807, 2.05) is 11.9 Å². The van der Waals surface area contributed by atoms with E-state index in [0.29, 0.717) is 18.9 Å². The van der Waals surface area contributed by atoms with E-state index in [-0.39, 0.29) is 29.9 Å². The first-order valence-corrected chi connectivity index (χ1v) is 9.51. The van der Waals surface area contributed by atoms with E-state index >= 15 is 0 Å². The second-order valence-corrected chi connectivity index (χ2v) is 7.25. The molecule has 0 bridgehead atoms. The molecule has 1 aromatic carbocycles. The van der Waals surface area contributed by atoms with Crippen molar-refractivity contribution in [2.75, 3.05) is 40.4 Å². The fourth-order valence-electron chi connectivity index (χ4n) is 3.70. The van der Waals surface area contributed by atoms with Crippen LogP contribution in [0.1, 0.15) is 30.4 Å². The summed E-state index contributed by atoms with van der Waals surface area (Å²) >= 11 is 0. The fourth-order valence-corrected chi connectivity index (χ4v) is 3.70. The number of halogens is 1. The van der Waals surface area contributed by atoms with E-state index in [0.717, 1.165) is 51.6 Å². The van der Waals surface area contributed by atoms with Crippen LogP contribution in [0, 0.1) is 5.92 Å². The largest absolute Gasteiger partial charge is 0.381 e. The molecule has 0 spiro atoms. The Hall–Kier alpha value is -1.35. The van der Waals surface area contributed by atoms with Crippen LogP contribution in [0.2, 0.25) is 0 Å². The number of hydrogen-bond donors (Lipinski definition) is 1. The number of hydrogen-bond acceptors (Lipinski definition) is 3. The molecule has 0 saturated carbocycles. The van der Waals surface area contributed by atoms with Crippen LogP contribution in [0.3, 0.4) is 0 Å². The third-order valence-corrected chi connectivity index (χ3v) is 5.12. The molecule has 1 atom stereocenters. The fraction of sp³-hybridized carbons (Fsp3) is 0.600. The van der Waals surface area contributed by atoms with Gasteiger partial charge in [-0.25, -0.2) is 0 Å². The van der Waals surface area contributed by atoms with Crippen LogP contribution < -0.4 is 5.32 Å². The molecule has 0 aliphatic carbocycles. The monoisotopic (exact) mass is 486 g/mol. The molecule has 1 aromatic rings. The molecule has 1 unspecified atom stereocenters. The number of carbonyl (C=O) groups excluding carboxylic acids is 1. The maximum Gasteiger partial charge on any atom is 0.222 e. The summed E-state index contributed by atoms with van der Waals surface area (Å²) in [4.78, 5) is 20.3. The first-order valence-electron chi connectivity index (χ1n) is 9.51. The van der Waals surface area contributed by atoms with Crippen LogP contribution >= 0.6 is 24.0 Å². The van der Waals surface area contributed by atoms with Crippen molar-refractivity contribution in [3.8, 4) is 0 Å². The van der Waals surface area contributed by atoms with Crippen molar-refractivity contribution in [2.45, 2.75) is 32.4 Å². The molecule has 27 heavy (non-hydrogen) atoms. The van der Waals surface area contributed by atoms with Gasteiger partial charge in [-0.05, 0) is 24.0 Å². The highest BCUT2D eigenvalue weighted by Crippen LogP contribution is 2.16. The molecule has 6 nitrogen and oxygen atoms in total. The maximum atomic E-state index is 11.8. The van der Waals surface area contributed by atoms with Crippen molar-refractivity contribution in [1.29, 1.82) is 0 Å². The van der Waals surface area contributed by atoms with Crippen LogP contribution in [0.15, 0.2) is 29.3 Å². The molecule has 2 heterocycles. The van der Waals surface area contributed by atoms with Crippen molar-refractivity contribution < 1.29 is 9.53 Å². The Morgan fingerprint density at radius 3 is 2.89 bits per heavy atom. The summed E-state index contributed by atoms with van der Waals surface area (Å²) in [7, 11) is 3.89. The number of nitrogens with zero attached hydrogens (tertiary/aromatic N) is 3. The molecular weight excluding hydrogens is 455 g/mol. The summed E-state index contributed by atoms with van der Waals surface area (Å²) in [5, 5.41) is 3.44. The quantitative estimate of drug-likeness (QED) is 0.382. The summed E-state index contributed by atoms with van der Waals surface area (Å²) in [5.41, 5.74) is 2.39. The van der Waals surface area contributed by atoms with Gasteiger partial charge in [0.2, 0.25) is 5.91 Å². The van der Waals surface area contributed by atoms with Crippen LogP contribution in [0.5, 0.6) is 0 Å². The second kappa shape index (κ2) is 10.8. The minimum absolute atomic E-state index is 0. The van der Waals surface area contributed by atoms with Gasteiger partial charge < -0.3 is 19.9 Å². The Bertz CT molecular complexity index is 647. The molecule has 2 saturated heterocycles. The van der Waals surface area contributed by atoms with Crippen molar-refractivity contribution in [2.24, 2.45) is 10.9 Å². The summed E-state index contributed by atoms with van der Waals surface area (Å²) in [5.74, 6) is 1.75. The Morgan fingerprint density at radius 2 is 2.22 bits per heavy atom. The minimum atomic E-state index is 0. The average molecular weight is 486 g/mol. The van der Waals surface area contributed by atoms with Gasteiger partial charge in [-0.2, -0.15) is 0 Å². The molecule has 3 rings (SSSR count). The number of benzene rings is 1. The molecule has 7 heteroatoms. The third kappa shape index (κ3) is 6.34. The number of ether oxygens (including phenoxy) is 1. The lowest BCUT2D eigenvalue weighted by molar-refractivity contribution is -0.128. The van der Waals surface area contributed by atoms with Gasteiger partial charge in [0.1, 0.15) is 0 Å². The van der Waals surface area contributed by atoms with Gasteiger partial charge in [-0.15, -0.1) is 24.0 Å². The molecule has 0 radical (unpaired) electrons. The number of guanidine groups is 1. The summed E-state index contributed by atoms with van der Waals surface area (Å²) in [6, 6.07) is 8.45. The van der Waals surface area contributed by atoms with Crippen LogP contribution in [-0.4, -0.2) is 62.1 Å². The zero-order valence-corrected chi connectivity index (χ0v) is 18.6. The standard InChI is InChI=1S/C20H30N4O2.HI/c1-21-20(23(2)13-18-8-10-26-15-18)22-12-16-5-3-6-17(11-16)14-24-9-4-7-19(24)25;/h3,5-6,11,18H,4,7-10,12-15H2,1-2H3,(H,21,22);1H. The molecular formula is C20H31IN4O2. The summed E-state index contributed by atoms with van der Waals surface area (Å²) in [6.07, 6.45) is 2.79. The van der Waals surface area contributed by atoms with E-state index in [1.165, 1.54) is 11.1 Å². The normalized spacial score (nSPS) is 19.9. The predicted octanol–water partition coefficient (Wildman–Crippen LogP) is 2.47. The molecule has 2 aliphatic rings. The predicted molar refractivity (Wildman–Crippen MR) is 118 cm³/mol. The molecule has 2 aliphatic heterocycles. The Labute approximate surface area is 179 Å². The van der Waals surface area contributed by atoms with E-state index in [2.05, 4.69) is 46.5 Å². The smallest absolute Gasteiger partial charge is 0.222 e. The van der Waals surface area contributed by atoms with Gasteiger partial charge in [0.25, 0.3) is 0 Å². The van der Waals surface area contributed by atoms with Crippen molar-refractivity contribution in [1.82, 2.24) is 15.1 Å². The second-order valence-electron chi connectivity index (χ2n) is 7.25. The lowest BCUT2D eigenvalue weighted by Gasteiger charge is -2.24. The number of likely N-dealkylation sites (tertiary alicyclic amines) is 1. The van der Waals surface area contributed by atoms with E-state index in [1.54, 1.807) is 0 Å². The van der Waals surface area contributed by atoms with E-state index < -0.39 is 0 Å². The molecule has 1 N–H and O–H groups in total. The molecule has 1 amide bonds. The van der Waals surface area contributed by atoms with Crippen molar-refractivity contribution >= 4 is 35.8 Å². The zero-order chi connectivity index (χ0) is 18.4. The number of aliphatic imine (C=N–C) groups is 1. The minimum Gasteiger partial charge on any atom is -0.381 e. The van der Waals surface area contributed by atoms with Crippen LogP contribution in [0.4, 0.5) is 0 Å². The Balaban J connectivity index is 0.00000261. The van der Waals surface area contributed by atoms with Gasteiger partial charge in [0.05, 0.1) is 6.61 Å². The van der Waals surface area contributed by atoms with Gasteiger partial charge in [-0.3, -0.25) is 9.79 Å². The van der Waals surface area contributed by atoms with E-state index in [9.17, 15) is 4.79 Å². The van der Waals surface area contributed by atoms with Gasteiger partial charge in [-0.1, -0.05) is 24.3 Å². The lowest BCUT2D eigenvalue weighted by atomic mass is 10.1. The number of rotatable bonds is 6. The highest BCUT2D eigenvalue weighted by atomic mass is 127. The zero-order valence-electron chi connectivity index (χ0n) is 16.3. The number of amides is 1. The van der Waals surface area contributed by atoms with Crippen LogP contribution in [-0.2, 0) is 22.6 Å². The average Bonchev–Trinajstić information content (AvgIpc) is 3.28. The highest BCUT2D eigenvalue weighted by Gasteiger charge is 2.20. The Kier molecular flexibility index (Phi) is 8.82. The highest BCUT2D eigenvalue weighted by molar-refractivity contribution is 14.0. The summed E-state index contributed by atoms with van der Waals surface area (Å²) < 4.78 is 5.46. The van der Waals surface area contributed by atoms with Gasteiger partial charge in [0, 0.05) is 59.2 Å². The lowest BCUT2D eigenvalue weighted by Crippen LogP contribution is -2.41. The van der Waals surface area contributed by atoms with Gasteiger partial charge >= 0.3 is 0 Å². The number of carbonyl (C=O) groups is 1. The van der Waals surface area contributed by atoms with Crippen molar-refractivity contribution in [3.63, 3.8) is 0 Å². The third-order valence-electron chi connectivity index (χ3n) is 5.12. The van der Waals surface area contributed by atoms with Crippen LogP contribution in [0.25, 0.3) is 0 Å². The first kappa shape index (κ1) is 21.9. The Morgan fingerprint density at radius 1 is 1.41 bits per heavy atom. The SMILES string of the molecule is CN=C(NCc1cccc(CN2CCCC2=O)c1)N(C)CC1CCOC1.I. The van der Waals surface area contributed by atoms with Gasteiger partial charge in [0.15, 0.2) is 5.96 Å². The first-order chi connectivity index (χ1) is 12.7. The maximum absolute atomic E-state index is 11.8. The van der Waals surface area contributed by atoms with E-state index in [4.69, 9.17) is 4.74 Å². The number of nitrogens with one attached hydrogen (secondary N) is 1. The molecule has 2 fully saturated rings. The topological polar surface area (TPSA) is 57.2 Å². The van der Waals surface area contributed by atoms with Crippen molar-refractivity contribution in [3.05, 3.63) is 35.4 Å². The summed E-state index contributed by atoms with van der Waals surface area (Å²) in [6.45, 7) is 4.98.